The molecule has 4 aliphatic carbocycles. The van der Waals surface area contributed by atoms with Gasteiger partial charge in [-0.15, -0.1) is 0 Å². The fraction of sp³-hybridized carbons (Fsp3) is 0.931. The summed E-state index contributed by atoms with van der Waals surface area (Å²) in [4.78, 5) is 12.8. The molecule has 6 rings (SSSR count). The highest BCUT2D eigenvalue weighted by Gasteiger charge is 2.74. The lowest BCUT2D eigenvalue weighted by Gasteiger charge is -2.69. The van der Waals surface area contributed by atoms with Crippen molar-refractivity contribution in [2.24, 2.45) is 52.3 Å². The topological polar surface area (TPSA) is 38.7 Å². The molecule has 6 aliphatic rings. The van der Waals surface area contributed by atoms with Crippen molar-refractivity contribution in [2.75, 3.05) is 0 Å². The zero-order valence-electron chi connectivity index (χ0n) is 21.7. The van der Waals surface area contributed by atoms with E-state index in [4.69, 9.17) is 9.78 Å². The Hall–Kier alpha value is -0.380. The first-order valence-corrected chi connectivity index (χ1v) is 13.7. The molecule has 0 radical (unpaired) electrons. The van der Waals surface area contributed by atoms with Crippen molar-refractivity contribution in [3.8, 4) is 0 Å². The van der Waals surface area contributed by atoms with E-state index in [9.17, 15) is 5.11 Å². The van der Waals surface area contributed by atoms with Gasteiger partial charge in [-0.2, -0.15) is 0 Å². The maximum absolute atomic E-state index is 10.4. The number of aliphatic hydroxyl groups excluding tert-OH is 1. The van der Waals surface area contributed by atoms with Gasteiger partial charge in [0.15, 0.2) is 0 Å². The van der Waals surface area contributed by atoms with Gasteiger partial charge in [-0.25, -0.2) is 9.78 Å². The molecule has 182 valence electrons. The normalized spacial score (nSPS) is 52.3. The second-order valence-electron chi connectivity index (χ2n) is 13.7. The highest BCUT2D eigenvalue weighted by atomic mass is 17.2. The summed E-state index contributed by atoms with van der Waals surface area (Å²) >= 11 is 0. The van der Waals surface area contributed by atoms with Crippen molar-refractivity contribution in [1.82, 2.24) is 0 Å². The molecular formula is C29H48O3. The molecule has 4 fully saturated rings. The first-order valence-electron chi connectivity index (χ1n) is 13.7. The fourth-order valence-corrected chi connectivity index (χ4v) is 9.70. The van der Waals surface area contributed by atoms with E-state index in [1.165, 1.54) is 32.1 Å². The Morgan fingerprint density at radius 2 is 1.66 bits per heavy atom. The summed E-state index contributed by atoms with van der Waals surface area (Å²) in [5.41, 5.74) is -0.298. The zero-order valence-corrected chi connectivity index (χ0v) is 21.7. The van der Waals surface area contributed by atoms with Crippen LogP contribution in [-0.4, -0.2) is 22.4 Å². The minimum atomic E-state index is -0.432. The number of rotatable bonds is 5. The summed E-state index contributed by atoms with van der Waals surface area (Å²) in [6.45, 7) is 17.2. The van der Waals surface area contributed by atoms with Gasteiger partial charge in [0.25, 0.3) is 0 Å². The SMILES string of the molecule is CC(C)[C@@H](C)[C@@H](C)C[C@@H](C)[C@H]1CC[C@@H]2[C@]1(C)CC[C@H]1[C@]23C=C[C@]2(C[C@@H](O)CC[C@]12C)OO3. The van der Waals surface area contributed by atoms with Crippen LogP contribution >= 0.6 is 0 Å². The van der Waals surface area contributed by atoms with Crippen LogP contribution in [0.1, 0.15) is 99.8 Å². The van der Waals surface area contributed by atoms with Crippen LogP contribution in [0.25, 0.3) is 0 Å². The molecule has 2 heterocycles. The summed E-state index contributed by atoms with van der Waals surface area (Å²) in [7, 11) is 0. The number of hydrogen-bond donors (Lipinski definition) is 1. The average molecular weight is 445 g/mol. The maximum Gasteiger partial charge on any atom is 0.130 e. The number of hydrogen-bond acceptors (Lipinski definition) is 3. The molecule has 11 atom stereocenters. The van der Waals surface area contributed by atoms with Crippen LogP contribution in [0.15, 0.2) is 12.2 Å². The van der Waals surface area contributed by atoms with E-state index >= 15 is 0 Å². The van der Waals surface area contributed by atoms with E-state index in [2.05, 4.69) is 60.6 Å². The predicted octanol–water partition coefficient (Wildman–Crippen LogP) is 6.94. The molecule has 2 spiro atoms. The largest absolute Gasteiger partial charge is 0.393 e. The second-order valence-corrected chi connectivity index (χ2v) is 13.7. The predicted molar refractivity (Wildman–Crippen MR) is 129 cm³/mol. The minimum absolute atomic E-state index is 0.0749. The molecule has 0 aromatic carbocycles. The Morgan fingerprint density at radius 3 is 2.31 bits per heavy atom. The Bertz CT molecular complexity index is 762. The van der Waals surface area contributed by atoms with Crippen molar-refractivity contribution in [3.63, 3.8) is 0 Å². The van der Waals surface area contributed by atoms with Gasteiger partial charge in [-0.1, -0.05) is 54.5 Å². The van der Waals surface area contributed by atoms with Crippen molar-refractivity contribution < 1.29 is 14.9 Å². The molecule has 0 unspecified atom stereocenters. The monoisotopic (exact) mass is 444 g/mol. The quantitative estimate of drug-likeness (QED) is 0.368. The highest BCUT2D eigenvalue weighted by Crippen LogP contribution is 2.72. The third kappa shape index (κ3) is 2.95. The summed E-state index contributed by atoms with van der Waals surface area (Å²) in [5, 5.41) is 10.4. The molecule has 0 aromatic rings. The van der Waals surface area contributed by atoms with Crippen LogP contribution < -0.4 is 0 Å². The smallest absolute Gasteiger partial charge is 0.130 e. The molecule has 3 saturated carbocycles. The molecule has 2 aliphatic heterocycles. The van der Waals surface area contributed by atoms with Crippen molar-refractivity contribution in [1.29, 1.82) is 0 Å². The van der Waals surface area contributed by atoms with Crippen LogP contribution in [0, 0.1) is 52.3 Å². The number of aliphatic hydroxyl groups is 1. The number of fused-ring (bicyclic) bond motifs is 2. The summed E-state index contributed by atoms with van der Waals surface area (Å²) in [5.74, 6) is 4.89. The molecule has 1 saturated heterocycles. The standard InChI is InChI=1S/C29H48O3/c1-18(2)21(5)19(3)16-20(4)23-8-9-24-26(23,6)12-11-25-27(7)13-10-22(30)17-28(27)14-15-29(24,25)32-31-28/h14-15,18-25,30H,8-13,16-17H2,1-7H3/t19-,20+,21+,22-,23+,24+,25+,26+,27+,28+,29-/m0/s1. The van der Waals surface area contributed by atoms with E-state index in [-0.39, 0.29) is 17.1 Å². The summed E-state index contributed by atoms with van der Waals surface area (Å²) < 4.78 is 0. The summed E-state index contributed by atoms with van der Waals surface area (Å²) in [6.07, 6.45) is 13.6. The lowest BCUT2D eigenvalue weighted by molar-refractivity contribution is -0.497. The van der Waals surface area contributed by atoms with Crippen LogP contribution in [0.2, 0.25) is 0 Å². The van der Waals surface area contributed by atoms with Crippen molar-refractivity contribution in [3.05, 3.63) is 12.2 Å². The lowest BCUT2D eigenvalue weighted by atomic mass is 9.42. The molecule has 0 amide bonds. The minimum Gasteiger partial charge on any atom is -0.393 e. The van der Waals surface area contributed by atoms with Crippen LogP contribution in [0.4, 0.5) is 0 Å². The van der Waals surface area contributed by atoms with Crippen LogP contribution in [0.5, 0.6) is 0 Å². The Morgan fingerprint density at radius 1 is 0.906 bits per heavy atom. The molecule has 1 N–H and O–H groups in total. The Kier molecular flexibility index (Phi) is 5.52. The van der Waals surface area contributed by atoms with Gasteiger partial charge < -0.3 is 5.11 Å². The first-order chi connectivity index (χ1) is 15.0. The van der Waals surface area contributed by atoms with Gasteiger partial charge in [0, 0.05) is 23.7 Å². The molecular weight excluding hydrogens is 396 g/mol. The van der Waals surface area contributed by atoms with E-state index in [1.807, 2.05) is 0 Å². The molecule has 0 aromatic heterocycles. The van der Waals surface area contributed by atoms with Gasteiger partial charge in [-0.3, -0.25) is 0 Å². The van der Waals surface area contributed by atoms with E-state index < -0.39 is 5.60 Å². The van der Waals surface area contributed by atoms with E-state index in [0.29, 0.717) is 23.7 Å². The van der Waals surface area contributed by atoms with Gasteiger partial charge in [0.05, 0.1) is 6.10 Å². The van der Waals surface area contributed by atoms with Crippen LogP contribution in [-0.2, 0) is 9.78 Å². The van der Waals surface area contributed by atoms with Crippen molar-refractivity contribution >= 4 is 0 Å². The molecule has 3 heteroatoms. The molecule has 2 bridgehead atoms. The zero-order chi connectivity index (χ0) is 23.1. The fourth-order valence-electron chi connectivity index (χ4n) is 9.70. The van der Waals surface area contributed by atoms with Crippen molar-refractivity contribution in [2.45, 2.75) is 117 Å². The molecule has 3 nitrogen and oxygen atoms in total. The Labute approximate surface area is 196 Å². The maximum atomic E-state index is 10.4. The highest BCUT2D eigenvalue weighted by molar-refractivity contribution is 5.33. The lowest BCUT2D eigenvalue weighted by Crippen LogP contribution is -2.73. The third-order valence-electron chi connectivity index (χ3n) is 12.1. The first kappa shape index (κ1) is 23.4. The van der Waals surface area contributed by atoms with Gasteiger partial charge >= 0.3 is 0 Å². The summed E-state index contributed by atoms with van der Waals surface area (Å²) in [6, 6.07) is 0. The van der Waals surface area contributed by atoms with E-state index in [0.717, 1.165) is 42.4 Å². The van der Waals surface area contributed by atoms with E-state index in [1.54, 1.807) is 0 Å². The van der Waals surface area contributed by atoms with Gasteiger partial charge in [0.1, 0.15) is 11.2 Å². The molecule has 32 heavy (non-hydrogen) atoms. The van der Waals surface area contributed by atoms with Crippen LogP contribution in [0.3, 0.4) is 0 Å². The van der Waals surface area contributed by atoms with Gasteiger partial charge in [0.2, 0.25) is 0 Å². The second kappa shape index (κ2) is 7.56. The van der Waals surface area contributed by atoms with Gasteiger partial charge in [-0.05, 0) is 86.0 Å². The average Bonchev–Trinajstić information content (AvgIpc) is 3.11. The Balaban J connectivity index is 1.42. The third-order valence-corrected chi connectivity index (χ3v) is 12.1.